The molecule has 0 radical (unpaired) electrons. The van der Waals surface area contributed by atoms with Gasteiger partial charge in [0.15, 0.2) is 0 Å². The molecule has 0 aliphatic heterocycles. The van der Waals surface area contributed by atoms with Crippen LogP contribution >= 0.6 is 0 Å². The molecule has 1 atom stereocenters. The molecule has 0 aliphatic rings. The fraction of sp³-hybridized carbons (Fsp3) is 0.538. The Kier molecular flexibility index (Phi) is 4.68. The second-order valence-corrected chi connectivity index (χ2v) is 4.06. The minimum atomic E-state index is 0.626. The molecule has 78 valence electrons. The van der Waals surface area contributed by atoms with Gasteiger partial charge in [0, 0.05) is 12.6 Å². The molecule has 1 N–H and O–H groups in total. The third-order valence-electron chi connectivity index (χ3n) is 2.50. The molecule has 1 rings (SSSR count). The molecule has 0 spiro atoms. The summed E-state index contributed by atoms with van der Waals surface area (Å²) in [4.78, 5) is 0. The molecule has 14 heavy (non-hydrogen) atoms. The first kappa shape index (κ1) is 11.3. The van der Waals surface area contributed by atoms with Crippen molar-refractivity contribution in [1.29, 1.82) is 0 Å². The highest BCUT2D eigenvalue weighted by molar-refractivity contribution is 5.21. The van der Waals surface area contributed by atoms with Crippen molar-refractivity contribution in [2.45, 2.75) is 46.2 Å². The molecular formula is C13H21N. The molecule has 0 bridgehead atoms. The van der Waals surface area contributed by atoms with E-state index >= 15 is 0 Å². The number of hydrogen-bond donors (Lipinski definition) is 1. The summed E-state index contributed by atoms with van der Waals surface area (Å²) in [5, 5.41) is 3.52. The van der Waals surface area contributed by atoms with E-state index in [0.717, 1.165) is 6.54 Å². The second-order valence-electron chi connectivity index (χ2n) is 4.06. The second kappa shape index (κ2) is 5.82. The molecule has 1 unspecified atom stereocenters. The maximum absolute atomic E-state index is 3.52. The van der Waals surface area contributed by atoms with Crippen molar-refractivity contribution in [3.63, 3.8) is 0 Å². The SMILES string of the molecule is CCCC(C)NCc1ccc(C)cc1. The van der Waals surface area contributed by atoms with Gasteiger partial charge in [-0.2, -0.15) is 0 Å². The van der Waals surface area contributed by atoms with Crippen LogP contribution < -0.4 is 5.32 Å². The average Bonchev–Trinajstić information content (AvgIpc) is 2.17. The van der Waals surface area contributed by atoms with Gasteiger partial charge >= 0.3 is 0 Å². The molecule has 1 aromatic rings. The van der Waals surface area contributed by atoms with E-state index in [4.69, 9.17) is 0 Å². The fourth-order valence-electron chi connectivity index (χ4n) is 1.53. The van der Waals surface area contributed by atoms with E-state index in [1.54, 1.807) is 0 Å². The van der Waals surface area contributed by atoms with Crippen LogP contribution in [0.5, 0.6) is 0 Å². The van der Waals surface area contributed by atoms with Gasteiger partial charge in [0.25, 0.3) is 0 Å². The molecule has 0 fully saturated rings. The van der Waals surface area contributed by atoms with E-state index in [1.807, 2.05) is 0 Å². The average molecular weight is 191 g/mol. The van der Waals surface area contributed by atoms with Crippen molar-refractivity contribution in [3.8, 4) is 0 Å². The van der Waals surface area contributed by atoms with Gasteiger partial charge in [-0.15, -0.1) is 0 Å². The van der Waals surface area contributed by atoms with Gasteiger partial charge in [-0.25, -0.2) is 0 Å². The van der Waals surface area contributed by atoms with E-state index in [1.165, 1.54) is 24.0 Å². The monoisotopic (exact) mass is 191 g/mol. The van der Waals surface area contributed by atoms with E-state index in [9.17, 15) is 0 Å². The molecule has 0 saturated heterocycles. The van der Waals surface area contributed by atoms with Crippen LogP contribution in [-0.2, 0) is 6.54 Å². The summed E-state index contributed by atoms with van der Waals surface area (Å²) < 4.78 is 0. The van der Waals surface area contributed by atoms with E-state index in [0.29, 0.717) is 6.04 Å². The number of nitrogens with one attached hydrogen (secondary N) is 1. The smallest absolute Gasteiger partial charge is 0.0207 e. The Morgan fingerprint density at radius 3 is 2.43 bits per heavy atom. The van der Waals surface area contributed by atoms with Crippen LogP contribution in [0.3, 0.4) is 0 Å². The first-order chi connectivity index (χ1) is 6.72. The zero-order chi connectivity index (χ0) is 10.4. The van der Waals surface area contributed by atoms with Crippen LogP contribution in [0.15, 0.2) is 24.3 Å². The molecule has 0 amide bonds. The third-order valence-corrected chi connectivity index (χ3v) is 2.50. The zero-order valence-electron chi connectivity index (χ0n) is 9.51. The predicted molar refractivity (Wildman–Crippen MR) is 62.4 cm³/mol. The summed E-state index contributed by atoms with van der Waals surface area (Å²) in [6.45, 7) is 7.58. The highest BCUT2D eigenvalue weighted by Gasteiger charge is 1.99. The molecule has 0 aromatic heterocycles. The van der Waals surface area contributed by atoms with Crippen molar-refractivity contribution >= 4 is 0 Å². The van der Waals surface area contributed by atoms with Gasteiger partial charge < -0.3 is 5.32 Å². The minimum Gasteiger partial charge on any atom is -0.310 e. The van der Waals surface area contributed by atoms with E-state index in [2.05, 4.69) is 50.4 Å². The number of benzene rings is 1. The topological polar surface area (TPSA) is 12.0 Å². The van der Waals surface area contributed by atoms with Crippen molar-refractivity contribution < 1.29 is 0 Å². The lowest BCUT2D eigenvalue weighted by Crippen LogP contribution is -2.24. The molecule has 1 nitrogen and oxygen atoms in total. The summed E-state index contributed by atoms with van der Waals surface area (Å²) in [5.41, 5.74) is 2.70. The standard InChI is InChI=1S/C13H21N/c1-4-5-12(3)14-10-13-8-6-11(2)7-9-13/h6-9,12,14H,4-5,10H2,1-3H3. The lowest BCUT2D eigenvalue weighted by Gasteiger charge is -2.12. The first-order valence-electron chi connectivity index (χ1n) is 5.51. The van der Waals surface area contributed by atoms with Crippen LogP contribution in [0.4, 0.5) is 0 Å². The Hall–Kier alpha value is -0.820. The first-order valence-corrected chi connectivity index (χ1v) is 5.51. The van der Waals surface area contributed by atoms with Crippen molar-refractivity contribution in [2.75, 3.05) is 0 Å². The van der Waals surface area contributed by atoms with Crippen LogP contribution in [0.25, 0.3) is 0 Å². The maximum atomic E-state index is 3.52. The summed E-state index contributed by atoms with van der Waals surface area (Å²) in [7, 11) is 0. The van der Waals surface area contributed by atoms with E-state index in [-0.39, 0.29) is 0 Å². The summed E-state index contributed by atoms with van der Waals surface area (Å²) in [6, 6.07) is 9.35. The van der Waals surface area contributed by atoms with Gasteiger partial charge in [0.1, 0.15) is 0 Å². The maximum Gasteiger partial charge on any atom is 0.0207 e. The Morgan fingerprint density at radius 1 is 1.21 bits per heavy atom. The summed E-state index contributed by atoms with van der Waals surface area (Å²) in [6.07, 6.45) is 2.51. The van der Waals surface area contributed by atoms with Crippen molar-refractivity contribution in [1.82, 2.24) is 5.32 Å². The molecular weight excluding hydrogens is 170 g/mol. The lowest BCUT2D eigenvalue weighted by atomic mass is 10.1. The minimum absolute atomic E-state index is 0.626. The predicted octanol–water partition coefficient (Wildman–Crippen LogP) is 3.27. The Balaban J connectivity index is 2.34. The van der Waals surface area contributed by atoms with Crippen molar-refractivity contribution in [3.05, 3.63) is 35.4 Å². The van der Waals surface area contributed by atoms with Crippen LogP contribution in [0.2, 0.25) is 0 Å². The Bertz CT molecular complexity index is 250. The van der Waals surface area contributed by atoms with E-state index < -0.39 is 0 Å². The normalized spacial score (nSPS) is 12.8. The summed E-state index contributed by atoms with van der Waals surface area (Å²) in [5.74, 6) is 0. The van der Waals surface area contributed by atoms with Crippen molar-refractivity contribution in [2.24, 2.45) is 0 Å². The van der Waals surface area contributed by atoms with Gasteiger partial charge in [0.05, 0.1) is 0 Å². The van der Waals surface area contributed by atoms with Crippen LogP contribution in [0, 0.1) is 6.92 Å². The van der Waals surface area contributed by atoms with Gasteiger partial charge in [-0.3, -0.25) is 0 Å². The molecule has 1 heteroatoms. The largest absolute Gasteiger partial charge is 0.310 e. The quantitative estimate of drug-likeness (QED) is 0.753. The molecule has 0 saturated carbocycles. The van der Waals surface area contributed by atoms with Gasteiger partial charge in [0.2, 0.25) is 0 Å². The van der Waals surface area contributed by atoms with Gasteiger partial charge in [-0.05, 0) is 25.8 Å². The summed E-state index contributed by atoms with van der Waals surface area (Å²) >= 11 is 0. The van der Waals surface area contributed by atoms with Crippen LogP contribution in [0.1, 0.15) is 37.8 Å². The third kappa shape index (κ3) is 3.93. The Morgan fingerprint density at radius 2 is 1.86 bits per heavy atom. The number of rotatable bonds is 5. The highest BCUT2D eigenvalue weighted by atomic mass is 14.9. The molecule has 1 aromatic carbocycles. The molecule has 0 aliphatic carbocycles. The van der Waals surface area contributed by atoms with Crippen LogP contribution in [-0.4, -0.2) is 6.04 Å². The zero-order valence-corrected chi connectivity index (χ0v) is 9.51. The van der Waals surface area contributed by atoms with Gasteiger partial charge in [-0.1, -0.05) is 43.2 Å². The Labute approximate surface area is 87.5 Å². The number of aryl methyl sites for hydroxylation is 1. The molecule has 0 heterocycles. The fourth-order valence-corrected chi connectivity index (χ4v) is 1.53. The number of hydrogen-bond acceptors (Lipinski definition) is 1. The lowest BCUT2D eigenvalue weighted by molar-refractivity contribution is 0.508. The highest BCUT2D eigenvalue weighted by Crippen LogP contribution is 2.03.